The highest BCUT2D eigenvalue weighted by Crippen LogP contribution is 2.40. The first-order chi connectivity index (χ1) is 42.0. The van der Waals surface area contributed by atoms with Gasteiger partial charge in [-0.3, -0.25) is 19.8 Å². The van der Waals surface area contributed by atoms with Crippen LogP contribution in [0.1, 0.15) is 39.2 Å². The van der Waals surface area contributed by atoms with Crippen molar-refractivity contribution in [1.82, 2.24) is 54.4 Å². The van der Waals surface area contributed by atoms with Crippen LogP contribution in [0.3, 0.4) is 0 Å². The smallest absolute Gasteiger partial charge is 0.173 e. The zero-order valence-electron chi connectivity index (χ0n) is 47.2. The molecule has 1 aliphatic rings. The first-order valence-corrected chi connectivity index (χ1v) is 27.9. The number of rotatable bonds is 13. The molecule has 8 aromatic carbocycles. The topological polar surface area (TPSA) is 274 Å². The Labute approximate surface area is 494 Å². The molecule has 0 radical (unpaired) electrons. The van der Waals surface area contributed by atoms with Crippen molar-refractivity contribution in [2.24, 2.45) is 16.5 Å². The summed E-state index contributed by atoms with van der Waals surface area (Å²) in [5.74, 6) is 2.46. The van der Waals surface area contributed by atoms with Gasteiger partial charge in [-0.25, -0.2) is 15.0 Å². The number of aliphatic hydroxyl groups excluding tert-OH is 1. The highest BCUT2D eigenvalue weighted by molar-refractivity contribution is 6.17. The number of benzene rings is 8. The zero-order chi connectivity index (χ0) is 59.3. The standard InChI is InChI=1S/C26H24N6O.C24H21N5O.C18H16N4O/c1-31(2)25(27)19-13-14-20-21(15-19)29-26(28-20)22-24(33)23(18-11-7-4-8-12-18)32(30-22)16-17-9-5-3-6-10-17;25-14-17-11-12-19-20(13-17)27-24(26-19)21-23(30)22(18-9-5-2-6-10-18)29(28-21)15-16-7-3-1-4-8-16;19-9-11-6-7-14-15(8-11)22-18(21-14)13-10-20-16(17(13)23)12-4-2-1-3-5-12/h3-15,27,33H,16H2,1-2H3,(H,28,29);1-13,30H,14-15,25H2,(H,26,27);1-8,23H,9-10,19H2,(H,21,22). The Morgan fingerprint density at radius 1 is 0.488 bits per heavy atom. The minimum atomic E-state index is 0.0810. The Bertz CT molecular complexity index is 4600. The van der Waals surface area contributed by atoms with Gasteiger partial charge in [-0.1, -0.05) is 164 Å². The van der Waals surface area contributed by atoms with E-state index in [-0.39, 0.29) is 17.3 Å². The molecule has 18 nitrogen and oxygen atoms in total. The van der Waals surface area contributed by atoms with Crippen LogP contribution >= 0.6 is 0 Å². The SMILES string of the molecule is CN(C)C(=N)c1ccc2nc(-c3nn(Cc4ccccc4)c(-c4ccccc4)c3O)[nH]c2c1.NCc1ccc2nc(-c3nn(Cc4ccccc4)c(-c4ccccc4)c3O)[nH]c2c1.NCc1ccc2nc(C3=C(O)C(c4ccccc4)=NC3)[nH]c2c1. The predicted molar refractivity (Wildman–Crippen MR) is 340 cm³/mol. The van der Waals surface area contributed by atoms with Crippen LogP contribution in [0.4, 0.5) is 0 Å². The van der Waals surface area contributed by atoms with E-state index in [2.05, 4.69) is 34.9 Å². The number of aromatic hydroxyl groups is 2. The average Bonchev–Trinajstić information content (AvgIpc) is 2.23. The summed E-state index contributed by atoms with van der Waals surface area (Å²) < 4.78 is 3.64. The number of hydrogen-bond acceptors (Lipinski definition) is 12. The fourth-order valence-electron chi connectivity index (χ4n) is 10.3. The van der Waals surface area contributed by atoms with Gasteiger partial charge in [0.05, 0.1) is 58.3 Å². The molecular weight excluding hydrogens is 1070 g/mol. The third-order valence-electron chi connectivity index (χ3n) is 14.8. The lowest BCUT2D eigenvalue weighted by molar-refractivity contribution is 0.447. The number of allylic oxidation sites excluding steroid dienone is 1. The van der Waals surface area contributed by atoms with E-state index in [0.717, 1.165) is 77.6 Å². The van der Waals surface area contributed by atoms with Gasteiger partial charge in [0.2, 0.25) is 0 Å². The number of aliphatic hydroxyl groups is 1. The van der Waals surface area contributed by atoms with E-state index in [0.29, 0.717) is 90.1 Å². The highest BCUT2D eigenvalue weighted by Gasteiger charge is 2.26. The molecule has 6 heterocycles. The van der Waals surface area contributed by atoms with Crippen LogP contribution in [0, 0.1) is 5.41 Å². The molecule has 0 fully saturated rings. The normalized spacial score (nSPS) is 12.1. The Morgan fingerprint density at radius 2 is 0.884 bits per heavy atom. The molecule has 1 aliphatic heterocycles. The molecule has 14 rings (SSSR count). The number of aliphatic imine (C=N–C) groups is 1. The predicted octanol–water partition coefficient (Wildman–Crippen LogP) is 11.8. The number of amidine groups is 1. The molecule has 0 atom stereocenters. The molecule has 18 heteroatoms. The molecule has 0 unspecified atom stereocenters. The van der Waals surface area contributed by atoms with Crippen LogP contribution in [-0.4, -0.2) is 102 Å². The van der Waals surface area contributed by atoms with Gasteiger partial charge in [0, 0.05) is 49.4 Å². The second-order valence-corrected chi connectivity index (χ2v) is 20.8. The van der Waals surface area contributed by atoms with Gasteiger partial charge in [0.15, 0.2) is 34.5 Å². The number of nitrogens with zero attached hydrogens (tertiary/aromatic N) is 9. The van der Waals surface area contributed by atoms with Gasteiger partial charge >= 0.3 is 0 Å². The van der Waals surface area contributed by atoms with Gasteiger partial charge < -0.3 is 46.6 Å². The van der Waals surface area contributed by atoms with Crippen molar-refractivity contribution in [3.8, 4) is 57.1 Å². The van der Waals surface area contributed by atoms with Crippen LogP contribution in [0.15, 0.2) is 217 Å². The number of aromatic nitrogens is 10. The van der Waals surface area contributed by atoms with E-state index >= 15 is 0 Å². The Kier molecular flexibility index (Phi) is 15.6. The average molecular weight is 1140 g/mol. The Balaban J connectivity index is 0.000000128. The molecule has 0 aliphatic carbocycles. The highest BCUT2D eigenvalue weighted by atomic mass is 16.3. The Morgan fingerprint density at radius 3 is 1.33 bits per heavy atom. The molecule has 426 valence electrons. The van der Waals surface area contributed by atoms with Crippen molar-refractivity contribution in [2.45, 2.75) is 26.2 Å². The molecule has 0 spiro atoms. The maximum atomic E-state index is 11.3. The van der Waals surface area contributed by atoms with Crippen LogP contribution < -0.4 is 11.5 Å². The minimum absolute atomic E-state index is 0.0810. The number of nitrogens with one attached hydrogen (secondary N) is 4. The molecule has 13 aromatic rings. The maximum Gasteiger partial charge on any atom is 0.173 e. The zero-order valence-corrected chi connectivity index (χ0v) is 47.2. The van der Waals surface area contributed by atoms with E-state index in [4.69, 9.17) is 27.1 Å². The van der Waals surface area contributed by atoms with Crippen LogP contribution in [0.2, 0.25) is 0 Å². The molecule has 0 saturated carbocycles. The fraction of sp³-hybridized carbons (Fsp3) is 0.103. The largest absolute Gasteiger partial charge is 0.505 e. The molecule has 86 heavy (non-hydrogen) atoms. The molecule has 0 bridgehead atoms. The first-order valence-electron chi connectivity index (χ1n) is 27.9. The van der Waals surface area contributed by atoms with E-state index in [9.17, 15) is 15.3 Å². The molecule has 5 aromatic heterocycles. The van der Waals surface area contributed by atoms with E-state index in [1.807, 2.05) is 230 Å². The van der Waals surface area contributed by atoms with Gasteiger partial charge in [0.1, 0.15) is 34.5 Å². The third kappa shape index (κ3) is 11.5. The lowest BCUT2D eigenvalue weighted by Gasteiger charge is -2.13. The van der Waals surface area contributed by atoms with Crippen molar-refractivity contribution in [3.05, 3.63) is 251 Å². The third-order valence-corrected chi connectivity index (χ3v) is 14.8. The number of aromatic amines is 3. The monoisotopic (exact) mass is 1140 g/mol. The van der Waals surface area contributed by atoms with Crippen LogP contribution in [0.5, 0.6) is 11.5 Å². The first kappa shape index (κ1) is 55.3. The maximum absolute atomic E-state index is 11.3. The number of nitrogens with two attached hydrogens (primary N) is 2. The number of H-pyrrole nitrogens is 3. The second kappa shape index (κ2) is 24.3. The summed E-state index contributed by atoms with van der Waals surface area (Å²) in [5, 5.41) is 50.7. The molecular formula is C68H61N15O3. The number of fused-ring (bicyclic) bond motifs is 3. The summed E-state index contributed by atoms with van der Waals surface area (Å²) in [6.07, 6.45) is 0. The second-order valence-electron chi connectivity index (χ2n) is 20.8. The molecule has 11 N–H and O–H groups in total. The summed E-state index contributed by atoms with van der Waals surface area (Å²) in [7, 11) is 3.68. The van der Waals surface area contributed by atoms with Crippen LogP contribution in [0.25, 0.3) is 84.2 Å². The van der Waals surface area contributed by atoms with Gasteiger partial charge in [-0.2, -0.15) is 10.2 Å². The van der Waals surface area contributed by atoms with Crippen molar-refractivity contribution >= 4 is 50.2 Å². The van der Waals surface area contributed by atoms with Gasteiger partial charge in [-0.15, -0.1) is 0 Å². The van der Waals surface area contributed by atoms with Crippen molar-refractivity contribution < 1.29 is 15.3 Å². The molecule has 0 amide bonds. The fourth-order valence-corrected chi connectivity index (χ4v) is 10.3. The number of hydrogen-bond donors (Lipinski definition) is 9. The van der Waals surface area contributed by atoms with E-state index in [1.54, 1.807) is 4.90 Å². The van der Waals surface area contributed by atoms with Crippen molar-refractivity contribution in [2.75, 3.05) is 20.6 Å². The molecule has 0 saturated heterocycles. The lowest BCUT2D eigenvalue weighted by atomic mass is 10.1. The van der Waals surface area contributed by atoms with Crippen molar-refractivity contribution in [1.29, 1.82) is 5.41 Å². The Hall–Kier alpha value is -11.2. The summed E-state index contributed by atoms with van der Waals surface area (Å²) in [6, 6.07) is 66.7. The summed E-state index contributed by atoms with van der Waals surface area (Å²) in [5.41, 5.74) is 27.6. The minimum Gasteiger partial charge on any atom is -0.505 e. The van der Waals surface area contributed by atoms with Crippen molar-refractivity contribution in [3.63, 3.8) is 0 Å². The van der Waals surface area contributed by atoms with Gasteiger partial charge in [-0.05, 0) is 64.7 Å². The number of imidazole rings is 3. The summed E-state index contributed by atoms with van der Waals surface area (Å²) in [4.78, 5) is 29.9. The van der Waals surface area contributed by atoms with Gasteiger partial charge in [0.25, 0.3) is 0 Å². The lowest BCUT2D eigenvalue weighted by Crippen LogP contribution is -2.21. The van der Waals surface area contributed by atoms with Crippen LogP contribution in [-0.2, 0) is 26.2 Å². The quantitative estimate of drug-likeness (QED) is 0.0387. The summed E-state index contributed by atoms with van der Waals surface area (Å²) >= 11 is 0. The van der Waals surface area contributed by atoms with E-state index in [1.165, 1.54) is 0 Å². The summed E-state index contributed by atoms with van der Waals surface area (Å²) in [6.45, 7) is 2.41. The van der Waals surface area contributed by atoms with E-state index < -0.39 is 0 Å².